The molecule has 1 N–H and O–H groups in total. The highest BCUT2D eigenvalue weighted by Gasteiger charge is 2.13. The molecule has 0 spiro atoms. The molecule has 0 atom stereocenters. The zero-order valence-corrected chi connectivity index (χ0v) is 21.9. The number of hydrogen-bond donors (Lipinski definition) is 1. The summed E-state index contributed by atoms with van der Waals surface area (Å²) < 4.78 is 15.1. The second-order valence-electron chi connectivity index (χ2n) is 8.53. The Morgan fingerprint density at radius 2 is 1.73 bits per heavy atom. The van der Waals surface area contributed by atoms with Crippen LogP contribution >= 0.6 is 0 Å². The summed E-state index contributed by atoms with van der Waals surface area (Å²) in [6, 6.07) is 7.02. The Labute approximate surface area is 202 Å². The van der Waals surface area contributed by atoms with E-state index in [0.29, 0.717) is 12.5 Å². The normalized spacial score (nSPS) is 10.9. The molecule has 0 aliphatic heterocycles. The first kappa shape index (κ1) is 30.8. The van der Waals surface area contributed by atoms with Gasteiger partial charge >= 0.3 is 0 Å². The minimum atomic E-state index is -0.0615. The number of unbranched alkanes of at least 4 members (excludes halogenated alkanes) is 3. The maximum atomic E-state index is 13.0. The van der Waals surface area contributed by atoms with E-state index in [0.717, 1.165) is 49.8 Å². The van der Waals surface area contributed by atoms with Gasteiger partial charge in [-0.2, -0.15) is 5.10 Å². The summed E-state index contributed by atoms with van der Waals surface area (Å²) >= 11 is 0. The number of aromatic nitrogens is 2. The van der Waals surface area contributed by atoms with Crippen LogP contribution in [0.25, 0.3) is 5.70 Å². The van der Waals surface area contributed by atoms with E-state index in [1.807, 2.05) is 35.2 Å². The van der Waals surface area contributed by atoms with Crippen LogP contribution in [-0.2, 0) is 12.8 Å². The monoisotopic (exact) mass is 458 g/mol. The summed E-state index contributed by atoms with van der Waals surface area (Å²) in [6.45, 7) is 17.0. The Balaban J connectivity index is 0.000000530. The van der Waals surface area contributed by atoms with Gasteiger partial charge in [0.1, 0.15) is 5.82 Å². The minimum absolute atomic E-state index is 0.0615. The van der Waals surface area contributed by atoms with Gasteiger partial charge in [-0.3, -0.25) is 0 Å². The third-order valence-electron chi connectivity index (χ3n) is 5.22. The van der Waals surface area contributed by atoms with Gasteiger partial charge in [-0.15, -0.1) is 0 Å². The van der Waals surface area contributed by atoms with Crippen molar-refractivity contribution in [3.8, 4) is 0 Å². The molecule has 33 heavy (non-hydrogen) atoms. The van der Waals surface area contributed by atoms with Crippen LogP contribution in [0.3, 0.4) is 0 Å². The topological polar surface area (TPSA) is 38.0 Å². The Bertz CT molecular complexity index is 791. The van der Waals surface area contributed by atoms with Gasteiger partial charge in [-0.1, -0.05) is 91.2 Å². The van der Waals surface area contributed by atoms with Gasteiger partial charge in [0.05, 0.1) is 6.20 Å². The molecule has 0 unspecified atom stereocenters. The smallest absolute Gasteiger partial charge is 0.126 e. The standard InChI is InChI=1S/C14H22N2.C11H15F.C4H10O/c1-6-8-12(5)16-14(9-7-2)13(10-15-16)11(3)4;1-2-3-4-7-10-8-5-6-9-11(10)12;1-2-3-4-5/h6,8,10-11H,1,7,9H2,2-5H3;5-6,8-9H,2-4,7H2,1H3;5H,2-4H2,1H3/b12-8-;;. The molecule has 0 aliphatic carbocycles. The van der Waals surface area contributed by atoms with E-state index in [-0.39, 0.29) is 5.82 Å². The maximum Gasteiger partial charge on any atom is 0.126 e. The Hall–Kier alpha value is -2.20. The molecule has 1 aromatic heterocycles. The van der Waals surface area contributed by atoms with E-state index in [2.05, 4.69) is 53.2 Å². The van der Waals surface area contributed by atoms with Gasteiger partial charge in [0.25, 0.3) is 0 Å². The number of hydrogen-bond acceptors (Lipinski definition) is 2. The highest BCUT2D eigenvalue weighted by molar-refractivity contribution is 5.47. The molecule has 3 nitrogen and oxygen atoms in total. The summed E-state index contributed by atoms with van der Waals surface area (Å²) in [7, 11) is 0. The molecule has 1 aromatic carbocycles. The van der Waals surface area contributed by atoms with Crippen LogP contribution in [0.5, 0.6) is 0 Å². The molecule has 0 bridgehead atoms. The summed E-state index contributed by atoms with van der Waals surface area (Å²) in [6.07, 6.45) is 14.4. The molecule has 0 saturated heterocycles. The van der Waals surface area contributed by atoms with Gasteiger partial charge in [0.15, 0.2) is 0 Å². The number of aryl methyl sites for hydroxylation is 1. The lowest BCUT2D eigenvalue weighted by Crippen LogP contribution is -2.04. The number of aliphatic hydroxyl groups is 1. The van der Waals surface area contributed by atoms with Gasteiger partial charge in [-0.25, -0.2) is 9.07 Å². The minimum Gasteiger partial charge on any atom is -0.396 e. The molecule has 0 fully saturated rings. The second-order valence-corrected chi connectivity index (χ2v) is 8.53. The SMILES string of the molecule is C=C/C=C(/C)n1ncc(C(C)C)c1CCC.CCCCCc1ccccc1F.CCCCO. The third-order valence-corrected chi connectivity index (χ3v) is 5.22. The number of halogens is 1. The first-order chi connectivity index (χ1) is 15.9. The quantitative estimate of drug-likeness (QED) is 0.271. The first-order valence-electron chi connectivity index (χ1n) is 12.6. The van der Waals surface area contributed by atoms with Crippen molar-refractivity contribution < 1.29 is 9.50 Å². The van der Waals surface area contributed by atoms with Crippen molar-refractivity contribution >= 4 is 5.70 Å². The Kier molecular flexibility index (Phi) is 18.0. The van der Waals surface area contributed by atoms with Crippen molar-refractivity contribution in [2.75, 3.05) is 6.61 Å². The third kappa shape index (κ3) is 12.6. The Morgan fingerprint density at radius 3 is 2.21 bits per heavy atom. The zero-order valence-electron chi connectivity index (χ0n) is 21.9. The molecule has 2 aromatic rings. The number of allylic oxidation sites excluding steroid dienone is 3. The van der Waals surface area contributed by atoms with Crippen LogP contribution in [0.1, 0.15) is 103 Å². The van der Waals surface area contributed by atoms with E-state index < -0.39 is 0 Å². The summed E-state index contributed by atoms with van der Waals surface area (Å²) in [5, 5.41) is 12.5. The largest absolute Gasteiger partial charge is 0.396 e. The lowest BCUT2D eigenvalue weighted by Gasteiger charge is -2.10. The molecular weight excluding hydrogens is 411 g/mol. The second kappa shape index (κ2) is 19.3. The summed E-state index contributed by atoms with van der Waals surface area (Å²) in [4.78, 5) is 0. The first-order valence-corrected chi connectivity index (χ1v) is 12.6. The van der Waals surface area contributed by atoms with Crippen molar-refractivity contribution in [1.82, 2.24) is 9.78 Å². The lowest BCUT2D eigenvalue weighted by atomic mass is 10.0. The average Bonchev–Trinajstić information content (AvgIpc) is 3.21. The molecule has 4 heteroatoms. The molecular formula is C29H47FN2O. The Morgan fingerprint density at radius 1 is 1.06 bits per heavy atom. The fourth-order valence-electron chi connectivity index (χ4n) is 3.33. The maximum absolute atomic E-state index is 13.0. The lowest BCUT2D eigenvalue weighted by molar-refractivity contribution is 0.287. The predicted molar refractivity (Wildman–Crippen MR) is 142 cm³/mol. The molecule has 0 radical (unpaired) electrons. The van der Waals surface area contributed by atoms with E-state index >= 15 is 0 Å². The molecule has 0 amide bonds. The van der Waals surface area contributed by atoms with E-state index in [9.17, 15) is 4.39 Å². The van der Waals surface area contributed by atoms with Gasteiger partial charge in [0, 0.05) is 18.0 Å². The summed E-state index contributed by atoms with van der Waals surface area (Å²) in [5.41, 5.74) is 4.68. The number of nitrogens with zero attached hydrogens (tertiary/aromatic N) is 2. The van der Waals surface area contributed by atoms with Crippen molar-refractivity contribution in [3.05, 3.63) is 71.8 Å². The fraction of sp³-hybridized carbons (Fsp3) is 0.552. The molecule has 186 valence electrons. The van der Waals surface area contributed by atoms with Crippen molar-refractivity contribution in [3.63, 3.8) is 0 Å². The molecule has 1 heterocycles. The highest BCUT2D eigenvalue weighted by Crippen LogP contribution is 2.22. The zero-order chi connectivity index (χ0) is 25.1. The highest BCUT2D eigenvalue weighted by atomic mass is 19.1. The van der Waals surface area contributed by atoms with Crippen molar-refractivity contribution in [2.24, 2.45) is 0 Å². The van der Waals surface area contributed by atoms with Gasteiger partial charge in [0.2, 0.25) is 0 Å². The van der Waals surface area contributed by atoms with Crippen LogP contribution in [0.2, 0.25) is 0 Å². The molecule has 2 rings (SSSR count). The summed E-state index contributed by atoms with van der Waals surface area (Å²) in [5.74, 6) is 0.473. The van der Waals surface area contributed by atoms with Crippen LogP contribution in [0, 0.1) is 5.82 Å². The predicted octanol–water partition coefficient (Wildman–Crippen LogP) is 8.34. The van der Waals surface area contributed by atoms with E-state index in [1.54, 1.807) is 6.07 Å². The number of benzene rings is 1. The van der Waals surface area contributed by atoms with Crippen LogP contribution in [-0.4, -0.2) is 21.5 Å². The van der Waals surface area contributed by atoms with Gasteiger partial charge < -0.3 is 5.11 Å². The van der Waals surface area contributed by atoms with Crippen LogP contribution in [0.4, 0.5) is 4.39 Å². The van der Waals surface area contributed by atoms with Crippen LogP contribution in [0.15, 0.2) is 49.2 Å². The van der Waals surface area contributed by atoms with Gasteiger partial charge in [-0.05, 0) is 61.8 Å². The van der Waals surface area contributed by atoms with Crippen molar-refractivity contribution in [2.45, 2.75) is 98.8 Å². The molecule has 0 saturated carbocycles. The fourth-order valence-corrected chi connectivity index (χ4v) is 3.33. The van der Waals surface area contributed by atoms with E-state index in [1.165, 1.54) is 30.2 Å². The van der Waals surface area contributed by atoms with Crippen molar-refractivity contribution in [1.29, 1.82) is 0 Å². The number of aliphatic hydroxyl groups excluding tert-OH is 1. The van der Waals surface area contributed by atoms with Crippen LogP contribution < -0.4 is 0 Å². The molecule has 0 aliphatic rings. The number of rotatable bonds is 11. The van der Waals surface area contributed by atoms with E-state index in [4.69, 9.17) is 5.11 Å². The average molecular weight is 459 g/mol.